The maximum atomic E-state index is 11.6. The lowest BCUT2D eigenvalue weighted by Crippen LogP contribution is -2.38. The molecule has 1 aromatic rings. The molecule has 2 rings (SSSR count). The molecular formula is C17H25ClN4O. The van der Waals surface area contributed by atoms with Crippen molar-refractivity contribution >= 4 is 23.5 Å². The number of nitrogens with zero attached hydrogens (tertiary/aromatic N) is 1. The standard InChI is InChI=1S/C17H25ClN4O/c1-2-19-17(21-12-13-6-3-4-7-15(13)18)20-11-5-8-16(23)22-14-9-10-14/h3-4,6-7,14H,2,5,8-12H2,1H3,(H,22,23)(H2,19,20,21). The maximum Gasteiger partial charge on any atom is 0.220 e. The molecule has 6 heteroatoms. The van der Waals surface area contributed by atoms with Crippen LogP contribution in [0.2, 0.25) is 5.02 Å². The number of amides is 1. The van der Waals surface area contributed by atoms with E-state index in [1.54, 1.807) is 0 Å². The van der Waals surface area contributed by atoms with E-state index in [1.807, 2.05) is 31.2 Å². The van der Waals surface area contributed by atoms with Crippen LogP contribution in [0.5, 0.6) is 0 Å². The van der Waals surface area contributed by atoms with E-state index >= 15 is 0 Å². The van der Waals surface area contributed by atoms with Crippen molar-refractivity contribution in [1.29, 1.82) is 0 Å². The summed E-state index contributed by atoms with van der Waals surface area (Å²) in [5.74, 6) is 0.891. The third kappa shape index (κ3) is 6.91. The number of carbonyl (C=O) groups is 1. The minimum Gasteiger partial charge on any atom is -0.357 e. The highest BCUT2D eigenvalue weighted by Gasteiger charge is 2.22. The van der Waals surface area contributed by atoms with Gasteiger partial charge in [-0.2, -0.15) is 0 Å². The van der Waals surface area contributed by atoms with Gasteiger partial charge in [-0.25, -0.2) is 4.99 Å². The molecule has 0 aromatic heterocycles. The van der Waals surface area contributed by atoms with Crippen LogP contribution in [0.4, 0.5) is 0 Å². The Balaban J connectivity index is 1.72. The van der Waals surface area contributed by atoms with Gasteiger partial charge in [0.2, 0.25) is 5.91 Å². The molecule has 1 fully saturated rings. The largest absolute Gasteiger partial charge is 0.357 e. The lowest BCUT2D eigenvalue weighted by molar-refractivity contribution is -0.121. The number of guanidine groups is 1. The monoisotopic (exact) mass is 336 g/mol. The maximum absolute atomic E-state index is 11.6. The van der Waals surface area contributed by atoms with Crippen molar-refractivity contribution in [2.24, 2.45) is 4.99 Å². The first kappa shape index (κ1) is 17.6. The fourth-order valence-corrected chi connectivity index (χ4v) is 2.31. The van der Waals surface area contributed by atoms with Gasteiger partial charge in [0.05, 0.1) is 6.54 Å². The summed E-state index contributed by atoms with van der Waals surface area (Å²) in [4.78, 5) is 16.1. The van der Waals surface area contributed by atoms with Crippen LogP contribution >= 0.6 is 11.6 Å². The minimum atomic E-state index is 0.146. The van der Waals surface area contributed by atoms with Crippen molar-refractivity contribution in [3.63, 3.8) is 0 Å². The van der Waals surface area contributed by atoms with E-state index < -0.39 is 0 Å². The van der Waals surface area contributed by atoms with E-state index in [-0.39, 0.29) is 5.91 Å². The van der Waals surface area contributed by atoms with E-state index in [0.29, 0.717) is 25.6 Å². The first-order chi connectivity index (χ1) is 11.2. The van der Waals surface area contributed by atoms with Crippen molar-refractivity contribution in [3.8, 4) is 0 Å². The fraction of sp³-hybridized carbons (Fsp3) is 0.529. The fourth-order valence-electron chi connectivity index (χ4n) is 2.12. The van der Waals surface area contributed by atoms with Crippen LogP contribution < -0.4 is 16.0 Å². The van der Waals surface area contributed by atoms with Crippen molar-refractivity contribution < 1.29 is 4.79 Å². The molecule has 0 unspecified atom stereocenters. The van der Waals surface area contributed by atoms with Crippen LogP contribution in [0.1, 0.15) is 38.2 Å². The molecule has 1 aliphatic rings. The first-order valence-corrected chi connectivity index (χ1v) is 8.61. The highest BCUT2D eigenvalue weighted by atomic mass is 35.5. The van der Waals surface area contributed by atoms with Crippen LogP contribution in [-0.2, 0) is 11.3 Å². The Labute approximate surface area is 142 Å². The molecule has 1 aromatic carbocycles. The summed E-state index contributed by atoms with van der Waals surface area (Å²) in [6.45, 7) is 4.05. The second kappa shape index (κ2) is 9.40. The summed E-state index contributed by atoms with van der Waals surface area (Å²) in [7, 11) is 0. The average Bonchev–Trinajstić information content (AvgIpc) is 3.34. The van der Waals surface area contributed by atoms with E-state index in [1.165, 1.54) is 0 Å². The van der Waals surface area contributed by atoms with Gasteiger partial charge in [0.25, 0.3) is 0 Å². The van der Waals surface area contributed by atoms with Crippen LogP contribution in [0, 0.1) is 0 Å². The van der Waals surface area contributed by atoms with Crippen LogP contribution in [0.3, 0.4) is 0 Å². The van der Waals surface area contributed by atoms with Crippen molar-refractivity contribution in [3.05, 3.63) is 34.9 Å². The van der Waals surface area contributed by atoms with Crippen LogP contribution in [0.25, 0.3) is 0 Å². The Morgan fingerprint density at radius 1 is 1.30 bits per heavy atom. The SMILES string of the molecule is CCNC(=NCc1ccccc1Cl)NCCCC(=O)NC1CC1. The molecule has 1 amide bonds. The Kier molecular flexibility index (Phi) is 7.20. The summed E-state index contributed by atoms with van der Waals surface area (Å²) < 4.78 is 0. The summed E-state index contributed by atoms with van der Waals surface area (Å²) >= 11 is 6.14. The number of hydrogen-bond donors (Lipinski definition) is 3. The number of benzene rings is 1. The molecule has 0 saturated heterocycles. The van der Waals surface area contributed by atoms with E-state index in [2.05, 4.69) is 20.9 Å². The summed E-state index contributed by atoms with van der Waals surface area (Å²) in [6, 6.07) is 8.13. The number of rotatable bonds is 8. The van der Waals surface area contributed by atoms with Gasteiger partial charge in [-0.15, -0.1) is 0 Å². The molecular weight excluding hydrogens is 312 g/mol. The van der Waals surface area contributed by atoms with Gasteiger partial charge in [-0.3, -0.25) is 4.79 Å². The second-order valence-electron chi connectivity index (χ2n) is 5.66. The predicted molar refractivity (Wildman–Crippen MR) is 94.7 cm³/mol. The molecule has 0 bridgehead atoms. The average molecular weight is 337 g/mol. The molecule has 0 radical (unpaired) electrons. The Bertz CT molecular complexity index is 543. The molecule has 23 heavy (non-hydrogen) atoms. The zero-order valence-corrected chi connectivity index (χ0v) is 14.3. The topological polar surface area (TPSA) is 65.5 Å². The first-order valence-electron chi connectivity index (χ1n) is 8.24. The van der Waals surface area contributed by atoms with Crippen LogP contribution in [0.15, 0.2) is 29.3 Å². The highest BCUT2D eigenvalue weighted by molar-refractivity contribution is 6.31. The molecule has 0 heterocycles. The molecule has 0 aliphatic heterocycles. The number of nitrogens with one attached hydrogen (secondary N) is 3. The van der Waals surface area contributed by atoms with E-state index in [4.69, 9.17) is 11.6 Å². The van der Waals surface area contributed by atoms with E-state index in [9.17, 15) is 4.79 Å². The number of carbonyl (C=O) groups excluding carboxylic acids is 1. The Morgan fingerprint density at radius 3 is 2.78 bits per heavy atom. The summed E-state index contributed by atoms with van der Waals surface area (Å²) in [5, 5.41) is 10.2. The highest BCUT2D eigenvalue weighted by Crippen LogP contribution is 2.18. The van der Waals surface area contributed by atoms with Gasteiger partial charge < -0.3 is 16.0 Å². The lowest BCUT2D eigenvalue weighted by atomic mass is 10.2. The Hall–Kier alpha value is -1.75. The minimum absolute atomic E-state index is 0.146. The van der Waals surface area contributed by atoms with Gasteiger partial charge in [0.1, 0.15) is 0 Å². The van der Waals surface area contributed by atoms with Crippen molar-refractivity contribution in [2.45, 2.75) is 45.2 Å². The molecule has 3 N–H and O–H groups in total. The molecule has 5 nitrogen and oxygen atoms in total. The quantitative estimate of drug-likeness (QED) is 0.388. The van der Waals surface area contributed by atoms with E-state index in [0.717, 1.165) is 42.4 Å². The summed E-state index contributed by atoms with van der Waals surface area (Å²) in [5.41, 5.74) is 0.996. The molecule has 0 spiro atoms. The molecule has 1 saturated carbocycles. The predicted octanol–water partition coefficient (Wildman–Crippen LogP) is 2.45. The zero-order valence-electron chi connectivity index (χ0n) is 13.6. The van der Waals surface area contributed by atoms with Crippen molar-refractivity contribution in [2.75, 3.05) is 13.1 Å². The lowest BCUT2D eigenvalue weighted by Gasteiger charge is -2.11. The van der Waals surface area contributed by atoms with Gasteiger partial charge in [-0.1, -0.05) is 29.8 Å². The van der Waals surface area contributed by atoms with Gasteiger partial charge in [0.15, 0.2) is 5.96 Å². The second-order valence-corrected chi connectivity index (χ2v) is 6.07. The zero-order chi connectivity index (χ0) is 16.5. The third-order valence-corrected chi connectivity index (χ3v) is 3.89. The van der Waals surface area contributed by atoms with Crippen molar-refractivity contribution in [1.82, 2.24) is 16.0 Å². The Morgan fingerprint density at radius 2 is 2.09 bits per heavy atom. The molecule has 0 atom stereocenters. The molecule has 126 valence electrons. The molecule has 1 aliphatic carbocycles. The summed E-state index contributed by atoms with van der Waals surface area (Å²) in [6.07, 6.45) is 3.59. The number of halogens is 1. The van der Waals surface area contributed by atoms with Gasteiger partial charge in [-0.05, 0) is 37.8 Å². The van der Waals surface area contributed by atoms with Gasteiger partial charge in [0, 0.05) is 30.6 Å². The number of hydrogen-bond acceptors (Lipinski definition) is 2. The normalized spacial score (nSPS) is 14.4. The van der Waals surface area contributed by atoms with Crippen LogP contribution in [-0.4, -0.2) is 31.0 Å². The third-order valence-electron chi connectivity index (χ3n) is 3.53. The smallest absolute Gasteiger partial charge is 0.220 e. The van der Waals surface area contributed by atoms with Gasteiger partial charge >= 0.3 is 0 Å². The number of aliphatic imine (C=N–C) groups is 1.